The number of nitrogens with zero attached hydrogens (tertiary/aromatic N) is 2. The molecule has 2 rings (SSSR count). The van der Waals surface area contributed by atoms with Gasteiger partial charge in [0.25, 0.3) is 5.91 Å². The summed E-state index contributed by atoms with van der Waals surface area (Å²) >= 11 is 0.884. The van der Waals surface area contributed by atoms with Crippen LogP contribution in [0.4, 0.5) is 18.9 Å². The summed E-state index contributed by atoms with van der Waals surface area (Å²) in [4.78, 5) is 28.4. The van der Waals surface area contributed by atoms with E-state index in [1.807, 2.05) is 0 Å². The Morgan fingerprint density at radius 3 is 2.70 bits per heavy atom. The summed E-state index contributed by atoms with van der Waals surface area (Å²) in [6.45, 7) is 0. The number of carbonyl (C=O) groups is 2. The Balaban J connectivity index is 2.32. The van der Waals surface area contributed by atoms with Crippen LogP contribution >= 0.6 is 11.8 Å². The molecule has 0 N–H and O–H groups in total. The highest BCUT2D eigenvalue weighted by Gasteiger charge is 2.32. The lowest BCUT2D eigenvalue weighted by molar-refractivity contribution is -0.137. The predicted molar refractivity (Wildman–Crippen MR) is 79.0 cm³/mol. The topological polar surface area (TPSA) is 59.0 Å². The molecule has 1 aromatic rings. The Labute approximate surface area is 133 Å². The second-order valence-electron chi connectivity index (χ2n) is 4.44. The highest BCUT2D eigenvalue weighted by atomic mass is 32.2. The molecule has 5 nitrogen and oxygen atoms in total. The fourth-order valence-corrected chi connectivity index (χ4v) is 2.63. The number of hydrogen-bond donors (Lipinski definition) is 0. The fourth-order valence-electron chi connectivity index (χ4n) is 1.68. The number of hydrogen-bond acceptors (Lipinski definition) is 5. The molecular weight excluding hydrogens is 333 g/mol. The van der Waals surface area contributed by atoms with Crippen molar-refractivity contribution in [3.8, 4) is 0 Å². The summed E-state index contributed by atoms with van der Waals surface area (Å²) < 4.78 is 42.5. The summed E-state index contributed by atoms with van der Waals surface area (Å²) in [5.74, 6) is -1.18. The molecule has 0 aliphatic carbocycles. The number of amides is 1. The average molecular weight is 344 g/mol. The van der Waals surface area contributed by atoms with Crippen LogP contribution in [-0.2, 0) is 20.5 Å². The molecule has 1 aliphatic rings. The van der Waals surface area contributed by atoms with E-state index in [1.165, 1.54) is 26.3 Å². The third-order valence-corrected chi connectivity index (χ3v) is 3.91. The normalized spacial score (nSPS) is 18.8. The van der Waals surface area contributed by atoms with Gasteiger partial charge in [-0.1, -0.05) is 6.07 Å². The molecule has 0 saturated carbocycles. The van der Waals surface area contributed by atoms with Crippen LogP contribution in [0.25, 0.3) is 0 Å². The Morgan fingerprint density at radius 1 is 1.39 bits per heavy atom. The quantitative estimate of drug-likeness (QED) is 0.611. The van der Waals surface area contributed by atoms with Crippen LogP contribution in [0.15, 0.2) is 40.2 Å². The summed E-state index contributed by atoms with van der Waals surface area (Å²) in [6.07, 6.45) is -3.46. The number of aliphatic imine (C=N–C) groups is 1. The van der Waals surface area contributed by atoms with Crippen molar-refractivity contribution in [1.29, 1.82) is 0 Å². The molecule has 0 radical (unpaired) electrons. The van der Waals surface area contributed by atoms with Gasteiger partial charge in [-0.15, -0.1) is 0 Å². The van der Waals surface area contributed by atoms with E-state index in [9.17, 15) is 22.8 Å². The second kappa shape index (κ2) is 6.45. The van der Waals surface area contributed by atoms with Gasteiger partial charge in [0.2, 0.25) is 0 Å². The molecule has 1 amide bonds. The van der Waals surface area contributed by atoms with Crippen molar-refractivity contribution >= 4 is 34.5 Å². The average Bonchev–Trinajstić information content (AvgIpc) is 2.75. The van der Waals surface area contributed by atoms with Crippen LogP contribution in [-0.4, -0.2) is 36.1 Å². The number of rotatable bonds is 2. The number of ether oxygens (including phenoxy) is 1. The maximum Gasteiger partial charge on any atom is 0.416 e. The number of carbonyl (C=O) groups excluding carboxylic acids is 2. The first-order valence-electron chi connectivity index (χ1n) is 6.24. The van der Waals surface area contributed by atoms with Gasteiger partial charge < -0.3 is 4.74 Å². The van der Waals surface area contributed by atoms with E-state index in [-0.39, 0.29) is 15.8 Å². The minimum Gasteiger partial charge on any atom is -0.466 e. The van der Waals surface area contributed by atoms with Crippen molar-refractivity contribution in [2.45, 2.75) is 6.18 Å². The molecule has 0 unspecified atom stereocenters. The lowest BCUT2D eigenvalue weighted by Gasteiger charge is -2.09. The van der Waals surface area contributed by atoms with E-state index in [0.717, 1.165) is 34.9 Å². The van der Waals surface area contributed by atoms with Gasteiger partial charge in [-0.05, 0) is 30.0 Å². The van der Waals surface area contributed by atoms with E-state index < -0.39 is 23.6 Å². The van der Waals surface area contributed by atoms with Crippen molar-refractivity contribution in [2.75, 3.05) is 14.2 Å². The monoisotopic (exact) mass is 344 g/mol. The van der Waals surface area contributed by atoms with Crippen LogP contribution in [0.3, 0.4) is 0 Å². The van der Waals surface area contributed by atoms with Gasteiger partial charge in [-0.3, -0.25) is 9.69 Å². The standard InChI is InChI=1S/C14H11F3N2O3S/c1-19-12(21)10(7-11(20)22-2)23-13(19)18-9-5-3-4-8(6-9)14(15,16)17/h3-7H,1-2H3/b10-7+,18-13?. The molecule has 1 heterocycles. The van der Waals surface area contributed by atoms with E-state index in [4.69, 9.17) is 0 Å². The third kappa shape index (κ3) is 3.92. The SMILES string of the molecule is COC(=O)/C=C1/SC(=Nc2cccc(C(F)(F)F)c2)N(C)C1=O. The molecule has 1 aromatic carbocycles. The molecule has 1 aliphatic heterocycles. The number of halogens is 3. The Bertz CT molecular complexity index is 713. The zero-order valence-electron chi connectivity index (χ0n) is 12.0. The molecule has 1 fully saturated rings. The largest absolute Gasteiger partial charge is 0.466 e. The van der Waals surface area contributed by atoms with Gasteiger partial charge in [-0.2, -0.15) is 13.2 Å². The van der Waals surface area contributed by atoms with E-state index in [0.29, 0.717) is 0 Å². The number of likely N-dealkylation sites (N-methyl/N-ethyl adjacent to an activating group) is 1. The van der Waals surface area contributed by atoms with Crippen LogP contribution in [0, 0.1) is 0 Å². The smallest absolute Gasteiger partial charge is 0.416 e. The van der Waals surface area contributed by atoms with Crippen molar-refractivity contribution in [3.63, 3.8) is 0 Å². The van der Waals surface area contributed by atoms with Crippen LogP contribution in [0.1, 0.15) is 5.56 Å². The number of esters is 1. The van der Waals surface area contributed by atoms with Crippen LogP contribution in [0.2, 0.25) is 0 Å². The second-order valence-corrected chi connectivity index (χ2v) is 5.45. The zero-order chi connectivity index (χ0) is 17.2. The number of alkyl halides is 3. The number of amidine groups is 1. The number of benzene rings is 1. The Hall–Kier alpha value is -2.29. The summed E-state index contributed by atoms with van der Waals surface area (Å²) in [5, 5.41) is 0.171. The predicted octanol–water partition coefficient (Wildman–Crippen LogP) is 2.96. The summed E-state index contributed by atoms with van der Waals surface area (Å²) in [5.41, 5.74) is -0.775. The highest BCUT2D eigenvalue weighted by Crippen LogP contribution is 2.34. The fraction of sp³-hybridized carbons (Fsp3) is 0.214. The maximum absolute atomic E-state index is 12.7. The Kier molecular flexibility index (Phi) is 4.79. The molecular formula is C14H11F3N2O3S. The number of thioether (sulfide) groups is 1. The first-order valence-corrected chi connectivity index (χ1v) is 7.05. The molecule has 1 saturated heterocycles. The van der Waals surface area contributed by atoms with Gasteiger partial charge >= 0.3 is 12.1 Å². The van der Waals surface area contributed by atoms with Crippen LogP contribution < -0.4 is 0 Å². The molecule has 23 heavy (non-hydrogen) atoms. The van der Waals surface area contributed by atoms with Gasteiger partial charge in [-0.25, -0.2) is 9.79 Å². The van der Waals surface area contributed by atoms with E-state index in [1.54, 1.807) is 0 Å². The highest BCUT2D eigenvalue weighted by molar-refractivity contribution is 8.18. The molecule has 0 atom stereocenters. The minimum atomic E-state index is -4.48. The van der Waals surface area contributed by atoms with Crippen molar-refractivity contribution in [3.05, 3.63) is 40.8 Å². The molecule has 122 valence electrons. The van der Waals surface area contributed by atoms with Crippen molar-refractivity contribution in [2.24, 2.45) is 4.99 Å². The Morgan fingerprint density at radius 2 is 2.09 bits per heavy atom. The van der Waals surface area contributed by atoms with Gasteiger partial charge in [0.05, 0.1) is 23.3 Å². The van der Waals surface area contributed by atoms with E-state index in [2.05, 4.69) is 9.73 Å². The molecule has 9 heteroatoms. The summed E-state index contributed by atoms with van der Waals surface area (Å²) in [7, 11) is 2.59. The minimum absolute atomic E-state index is 0.0568. The first-order chi connectivity index (χ1) is 10.7. The maximum atomic E-state index is 12.7. The molecule has 0 aromatic heterocycles. The van der Waals surface area contributed by atoms with Crippen LogP contribution in [0.5, 0.6) is 0 Å². The summed E-state index contributed by atoms with van der Waals surface area (Å²) in [6, 6.07) is 4.44. The lowest BCUT2D eigenvalue weighted by atomic mass is 10.2. The number of methoxy groups -OCH3 is 1. The van der Waals surface area contributed by atoms with Gasteiger partial charge in [0.15, 0.2) is 5.17 Å². The zero-order valence-corrected chi connectivity index (χ0v) is 12.9. The van der Waals surface area contributed by atoms with Gasteiger partial charge in [0.1, 0.15) is 0 Å². The van der Waals surface area contributed by atoms with E-state index >= 15 is 0 Å². The van der Waals surface area contributed by atoms with Gasteiger partial charge in [0, 0.05) is 13.1 Å². The molecule has 0 spiro atoms. The van der Waals surface area contributed by atoms with Crippen molar-refractivity contribution in [1.82, 2.24) is 4.90 Å². The lowest BCUT2D eigenvalue weighted by Crippen LogP contribution is -2.23. The third-order valence-electron chi connectivity index (χ3n) is 2.85. The first kappa shape index (κ1) is 17.1. The molecule has 0 bridgehead atoms. The van der Waals surface area contributed by atoms with Crippen molar-refractivity contribution < 1.29 is 27.5 Å².